The van der Waals surface area contributed by atoms with Gasteiger partial charge < -0.3 is 14.7 Å². The van der Waals surface area contributed by atoms with Gasteiger partial charge in [-0.25, -0.2) is 14.2 Å². The van der Waals surface area contributed by atoms with Crippen LogP contribution in [0, 0.1) is 5.82 Å². The summed E-state index contributed by atoms with van der Waals surface area (Å²) >= 11 is 0. The molecule has 10 nitrogen and oxygen atoms in total. The Morgan fingerprint density at radius 1 is 1.00 bits per heavy atom. The van der Waals surface area contributed by atoms with Crippen LogP contribution in [0.3, 0.4) is 0 Å². The molecule has 0 radical (unpaired) electrons. The number of rotatable bonds is 3. The topological polar surface area (TPSA) is 96.0 Å². The lowest BCUT2D eigenvalue weighted by atomic mass is 10.00. The van der Waals surface area contributed by atoms with Crippen molar-refractivity contribution in [1.82, 2.24) is 33.9 Å². The molecule has 0 saturated carbocycles. The van der Waals surface area contributed by atoms with Gasteiger partial charge in [-0.15, -0.1) is 0 Å². The van der Waals surface area contributed by atoms with Crippen LogP contribution in [0.25, 0.3) is 27.7 Å². The number of hydrogen-bond acceptors (Lipinski definition) is 6. The highest BCUT2D eigenvalue weighted by molar-refractivity contribution is 6.51. The van der Waals surface area contributed by atoms with Crippen molar-refractivity contribution >= 4 is 45.3 Å². The quantitative estimate of drug-likeness (QED) is 0.360. The zero-order valence-corrected chi connectivity index (χ0v) is 23.0. The van der Waals surface area contributed by atoms with Crippen molar-refractivity contribution in [1.29, 1.82) is 0 Å². The molecule has 4 aromatic rings. The molecule has 0 spiro atoms. The Balaban J connectivity index is 1.29. The smallest absolute Gasteiger partial charge is 0.320 e. The van der Waals surface area contributed by atoms with Crippen LogP contribution in [-0.2, 0) is 22.7 Å². The van der Waals surface area contributed by atoms with Gasteiger partial charge in [-0.05, 0) is 51.2 Å². The molecule has 0 bridgehead atoms. The molecule has 0 N–H and O–H groups in total. The van der Waals surface area contributed by atoms with Gasteiger partial charge in [-0.2, -0.15) is 5.10 Å². The largest absolute Gasteiger partial charge is 0.325 e. The summed E-state index contributed by atoms with van der Waals surface area (Å²) in [5, 5.41) is 5.26. The summed E-state index contributed by atoms with van der Waals surface area (Å²) in [7, 11) is 4.13. The molecule has 7 rings (SSSR count). The molecule has 5 heterocycles. The molecule has 3 aliphatic rings. The molecule has 41 heavy (non-hydrogen) atoms. The van der Waals surface area contributed by atoms with Crippen molar-refractivity contribution in [3.63, 3.8) is 0 Å². The maximum absolute atomic E-state index is 15.1. The van der Waals surface area contributed by atoms with Gasteiger partial charge in [0, 0.05) is 49.4 Å². The van der Waals surface area contributed by atoms with Gasteiger partial charge >= 0.3 is 6.03 Å². The lowest BCUT2D eigenvalue weighted by molar-refractivity contribution is -0.119. The number of hydrogen-bond donors (Lipinski definition) is 0. The number of benzene rings is 1. The SMILES string of the molecule is CN(C)C1CCN(C(=O)N2CCn3nc(C4=C(c5cnc6ccccn56)C(=O)CC4=O)c4cc(F)cc(c43)C2)CC1. The molecule has 1 aliphatic carbocycles. The number of ketones is 2. The van der Waals surface area contributed by atoms with Gasteiger partial charge in [-0.1, -0.05) is 6.07 Å². The van der Waals surface area contributed by atoms with E-state index in [2.05, 4.69) is 24.0 Å². The molecule has 210 valence electrons. The first kappa shape index (κ1) is 25.6. The normalized spacial score (nSPS) is 18.4. The van der Waals surface area contributed by atoms with Gasteiger partial charge in [0.15, 0.2) is 11.6 Å². The van der Waals surface area contributed by atoms with Crippen molar-refractivity contribution in [3.05, 3.63) is 65.5 Å². The lowest BCUT2D eigenvalue weighted by Gasteiger charge is -2.37. The van der Waals surface area contributed by atoms with E-state index in [1.165, 1.54) is 12.1 Å². The molecular formula is C30H30FN7O3. The number of piperidine rings is 1. The molecule has 1 fully saturated rings. The monoisotopic (exact) mass is 555 g/mol. The van der Waals surface area contributed by atoms with Gasteiger partial charge in [0.05, 0.1) is 41.5 Å². The van der Waals surface area contributed by atoms with Crippen LogP contribution in [0.4, 0.5) is 9.18 Å². The maximum atomic E-state index is 15.1. The Kier molecular flexibility index (Phi) is 6.00. The van der Waals surface area contributed by atoms with Crippen LogP contribution in [0.15, 0.2) is 42.7 Å². The number of carbonyl (C=O) groups excluding carboxylic acids is 3. The third-order valence-corrected chi connectivity index (χ3v) is 8.61. The molecule has 1 aromatic carbocycles. The van der Waals surface area contributed by atoms with Crippen LogP contribution in [-0.4, -0.2) is 91.2 Å². The van der Waals surface area contributed by atoms with Crippen LogP contribution >= 0.6 is 0 Å². The van der Waals surface area contributed by atoms with E-state index in [4.69, 9.17) is 5.10 Å². The number of aromatic nitrogens is 4. The molecule has 0 unspecified atom stereocenters. The number of urea groups is 1. The number of pyridine rings is 1. The second-order valence-electron chi connectivity index (χ2n) is 11.3. The standard InChI is InChI=1S/C30H30FN7O3/c1-34(2)20-6-9-35(10-7-20)30(41)36-11-12-38-29-18(17-36)13-19(31)14-21(29)28(33-38)27-24(40)15-23(39)26(27)22-16-32-25-5-3-4-8-37(22)25/h3-5,8,13-14,16,20H,6-7,9-12,15,17H2,1-2H3. The van der Waals surface area contributed by atoms with Crippen molar-refractivity contribution in [2.75, 3.05) is 33.7 Å². The second kappa shape index (κ2) is 9.62. The van der Waals surface area contributed by atoms with Crippen LogP contribution < -0.4 is 0 Å². The number of carbonyl (C=O) groups is 3. The first-order valence-corrected chi connectivity index (χ1v) is 13.9. The third kappa shape index (κ3) is 4.14. The summed E-state index contributed by atoms with van der Waals surface area (Å²) in [5.41, 5.74) is 3.20. The summed E-state index contributed by atoms with van der Waals surface area (Å²) in [4.78, 5) is 50.2. The van der Waals surface area contributed by atoms with E-state index in [1.54, 1.807) is 26.4 Å². The summed E-state index contributed by atoms with van der Waals surface area (Å²) in [6.45, 7) is 2.38. The number of fused-ring (bicyclic) bond motifs is 1. The number of halogens is 1. The Morgan fingerprint density at radius 2 is 1.78 bits per heavy atom. The summed E-state index contributed by atoms with van der Waals surface area (Å²) in [6, 6.07) is 8.71. The maximum Gasteiger partial charge on any atom is 0.320 e. The molecular weight excluding hydrogens is 525 g/mol. The summed E-state index contributed by atoms with van der Waals surface area (Å²) < 4.78 is 18.7. The minimum absolute atomic E-state index is 0.0558. The van der Waals surface area contributed by atoms with Gasteiger partial charge in [-0.3, -0.25) is 18.7 Å². The van der Waals surface area contributed by atoms with Crippen molar-refractivity contribution in [3.8, 4) is 0 Å². The first-order chi connectivity index (χ1) is 19.8. The Morgan fingerprint density at radius 3 is 2.56 bits per heavy atom. The summed E-state index contributed by atoms with van der Waals surface area (Å²) in [5.74, 6) is -1.14. The van der Waals surface area contributed by atoms with E-state index in [-0.39, 0.29) is 41.7 Å². The fourth-order valence-electron chi connectivity index (χ4n) is 6.51. The van der Waals surface area contributed by atoms with Gasteiger partial charge in [0.1, 0.15) is 17.2 Å². The number of Topliss-reactive ketones (excluding diaryl/α,β-unsaturated/α-hetero) is 2. The molecule has 0 atom stereocenters. The number of imidazole rings is 1. The fraction of sp³-hybridized carbons (Fsp3) is 0.367. The van der Waals surface area contributed by atoms with E-state index in [0.717, 1.165) is 12.8 Å². The van der Waals surface area contributed by atoms with E-state index in [1.807, 2.05) is 23.1 Å². The van der Waals surface area contributed by atoms with Crippen molar-refractivity contribution in [2.45, 2.75) is 38.4 Å². The highest BCUT2D eigenvalue weighted by Gasteiger charge is 2.37. The van der Waals surface area contributed by atoms with E-state index < -0.39 is 5.82 Å². The summed E-state index contributed by atoms with van der Waals surface area (Å²) in [6.07, 6.45) is 4.94. The van der Waals surface area contributed by atoms with E-state index in [9.17, 15) is 14.4 Å². The van der Waals surface area contributed by atoms with Gasteiger partial charge in [0.2, 0.25) is 0 Å². The Labute approximate surface area is 235 Å². The highest BCUT2D eigenvalue weighted by atomic mass is 19.1. The average Bonchev–Trinajstić information content (AvgIpc) is 3.58. The molecule has 2 amide bonds. The number of nitrogens with zero attached hydrogens (tertiary/aromatic N) is 7. The molecule has 2 aliphatic heterocycles. The average molecular weight is 556 g/mol. The predicted molar refractivity (Wildman–Crippen MR) is 150 cm³/mol. The zero-order valence-electron chi connectivity index (χ0n) is 23.0. The predicted octanol–water partition coefficient (Wildman–Crippen LogP) is 3.24. The number of amides is 2. The Hall–Kier alpha value is -4.38. The fourth-order valence-corrected chi connectivity index (χ4v) is 6.51. The van der Waals surface area contributed by atoms with E-state index >= 15 is 4.39 Å². The Bertz CT molecular complexity index is 1780. The zero-order chi connectivity index (χ0) is 28.4. The number of likely N-dealkylation sites (tertiary alicyclic amines) is 1. The van der Waals surface area contributed by atoms with Crippen LogP contribution in [0.1, 0.15) is 36.2 Å². The first-order valence-electron chi connectivity index (χ1n) is 13.9. The molecule has 1 saturated heterocycles. The lowest BCUT2D eigenvalue weighted by Crippen LogP contribution is -2.49. The van der Waals surface area contributed by atoms with Gasteiger partial charge in [0.25, 0.3) is 0 Å². The minimum Gasteiger partial charge on any atom is -0.325 e. The molecule has 11 heteroatoms. The molecule has 3 aromatic heterocycles. The van der Waals surface area contributed by atoms with E-state index in [0.29, 0.717) is 65.7 Å². The highest BCUT2D eigenvalue weighted by Crippen LogP contribution is 2.39. The third-order valence-electron chi connectivity index (χ3n) is 8.61. The minimum atomic E-state index is -0.483. The van der Waals surface area contributed by atoms with Crippen LogP contribution in [0.5, 0.6) is 0 Å². The van der Waals surface area contributed by atoms with Crippen LogP contribution in [0.2, 0.25) is 0 Å². The number of allylic oxidation sites excluding steroid dienone is 2. The van der Waals surface area contributed by atoms with Crippen molar-refractivity contribution < 1.29 is 18.8 Å². The second-order valence-corrected chi connectivity index (χ2v) is 11.3. The van der Waals surface area contributed by atoms with Crippen molar-refractivity contribution in [2.24, 2.45) is 0 Å².